The van der Waals surface area contributed by atoms with Gasteiger partial charge in [-0.2, -0.15) is 0 Å². The summed E-state index contributed by atoms with van der Waals surface area (Å²) in [4.78, 5) is 26.3. The van der Waals surface area contributed by atoms with Gasteiger partial charge >= 0.3 is 0 Å². The molecular weight excluding hydrogens is 300 g/mol. The van der Waals surface area contributed by atoms with Gasteiger partial charge in [0.2, 0.25) is 5.91 Å². The third-order valence-corrected chi connectivity index (χ3v) is 3.95. The molecule has 0 aromatic heterocycles. The summed E-state index contributed by atoms with van der Waals surface area (Å²) in [5.41, 5.74) is 2.81. The van der Waals surface area contributed by atoms with Crippen molar-refractivity contribution < 1.29 is 9.59 Å². The number of aryl methyl sites for hydroxylation is 2. The first-order valence-electron chi connectivity index (χ1n) is 7.67. The molecule has 1 amide bonds. The van der Waals surface area contributed by atoms with Gasteiger partial charge in [0.15, 0.2) is 5.78 Å². The lowest BCUT2D eigenvalue weighted by atomic mass is 9.99. The highest BCUT2D eigenvalue weighted by molar-refractivity contribution is 5.99. The van der Waals surface area contributed by atoms with E-state index in [1.807, 2.05) is 36.9 Å². The minimum absolute atomic E-state index is 0. The summed E-state index contributed by atoms with van der Waals surface area (Å²) in [5, 5.41) is 3.28. The zero-order chi connectivity index (χ0) is 15.2. The van der Waals surface area contributed by atoms with E-state index >= 15 is 0 Å². The van der Waals surface area contributed by atoms with Crippen LogP contribution in [0.15, 0.2) is 18.2 Å². The van der Waals surface area contributed by atoms with Gasteiger partial charge in [-0.3, -0.25) is 9.59 Å². The highest BCUT2D eigenvalue weighted by atomic mass is 35.5. The Bertz CT molecular complexity index is 523. The molecule has 4 nitrogen and oxygen atoms in total. The second-order valence-electron chi connectivity index (χ2n) is 5.73. The van der Waals surface area contributed by atoms with Crippen LogP contribution in [0.5, 0.6) is 0 Å². The number of Topliss-reactive ketones (excluding diaryl/α,β-unsaturated/α-hetero) is 1. The van der Waals surface area contributed by atoms with Crippen LogP contribution in [0.3, 0.4) is 0 Å². The van der Waals surface area contributed by atoms with E-state index in [2.05, 4.69) is 5.32 Å². The molecule has 0 bridgehead atoms. The lowest BCUT2D eigenvalue weighted by Gasteiger charge is -2.19. The Hall–Kier alpha value is -1.39. The molecule has 122 valence electrons. The average molecular weight is 325 g/mol. The molecule has 0 unspecified atom stereocenters. The van der Waals surface area contributed by atoms with Crippen LogP contribution in [0, 0.1) is 13.8 Å². The lowest BCUT2D eigenvalue weighted by molar-refractivity contribution is -0.130. The molecule has 1 aliphatic rings. The largest absolute Gasteiger partial charge is 0.341 e. The van der Waals surface area contributed by atoms with Crippen molar-refractivity contribution >= 4 is 24.1 Å². The predicted octanol–water partition coefficient (Wildman–Crippen LogP) is 2.51. The fourth-order valence-electron chi connectivity index (χ4n) is 2.64. The lowest BCUT2D eigenvalue weighted by Crippen LogP contribution is -2.34. The number of hydrogen-bond donors (Lipinski definition) is 1. The van der Waals surface area contributed by atoms with Crippen LogP contribution < -0.4 is 5.32 Å². The molecule has 0 atom stereocenters. The topological polar surface area (TPSA) is 49.4 Å². The van der Waals surface area contributed by atoms with Crippen molar-refractivity contribution in [2.24, 2.45) is 0 Å². The van der Waals surface area contributed by atoms with Crippen molar-refractivity contribution in [3.63, 3.8) is 0 Å². The number of rotatable bonds is 4. The third-order valence-electron chi connectivity index (χ3n) is 3.95. The van der Waals surface area contributed by atoms with Gasteiger partial charge < -0.3 is 10.2 Å². The average Bonchev–Trinajstić information content (AvgIpc) is 2.76. The number of nitrogens with zero attached hydrogens (tertiary/aromatic N) is 1. The van der Waals surface area contributed by atoms with E-state index < -0.39 is 0 Å². The smallest absolute Gasteiger partial charge is 0.223 e. The third kappa shape index (κ3) is 5.11. The van der Waals surface area contributed by atoms with Crippen LogP contribution in [0.4, 0.5) is 0 Å². The SMILES string of the molecule is Cc1ccc(C)c(C(=O)CCC(=O)N2CCCNCC2)c1.Cl. The van der Waals surface area contributed by atoms with Gasteiger partial charge in [-0.05, 0) is 38.4 Å². The molecule has 1 fully saturated rings. The molecule has 2 rings (SSSR count). The Labute approximate surface area is 138 Å². The van der Waals surface area contributed by atoms with Crippen molar-refractivity contribution in [2.45, 2.75) is 33.1 Å². The van der Waals surface area contributed by atoms with E-state index in [9.17, 15) is 9.59 Å². The molecular formula is C17H25ClN2O2. The maximum atomic E-state index is 12.3. The normalized spacial score (nSPS) is 14.9. The molecule has 1 aliphatic heterocycles. The second-order valence-corrected chi connectivity index (χ2v) is 5.73. The van der Waals surface area contributed by atoms with E-state index in [4.69, 9.17) is 0 Å². The van der Waals surface area contributed by atoms with Crippen LogP contribution in [-0.4, -0.2) is 42.8 Å². The number of hydrogen-bond acceptors (Lipinski definition) is 3. The summed E-state index contributed by atoms with van der Waals surface area (Å²) in [7, 11) is 0. The summed E-state index contributed by atoms with van der Waals surface area (Å²) < 4.78 is 0. The van der Waals surface area contributed by atoms with Gasteiger partial charge in [-0.25, -0.2) is 0 Å². The summed E-state index contributed by atoms with van der Waals surface area (Å²) in [6.45, 7) is 7.27. The van der Waals surface area contributed by atoms with Gasteiger partial charge in [0.05, 0.1) is 0 Å². The number of carbonyl (C=O) groups excluding carboxylic acids is 2. The number of halogens is 1. The monoisotopic (exact) mass is 324 g/mol. The minimum Gasteiger partial charge on any atom is -0.341 e. The summed E-state index contributed by atoms with van der Waals surface area (Å²) in [6, 6.07) is 5.88. The molecule has 0 spiro atoms. The van der Waals surface area contributed by atoms with Gasteiger partial charge in [0, 0.05) is 38.0 Å². The van der Waals surface area contributed by atoms with Gasteiger partial charge in [-0.1, -0.05) is 17.7 Å². The predicted molar refractivity (Wildman–Crippen MR) is 90.8 cm³/mol. The molecule has 0 aliphatic carbocycles. The van der Waals surface area contributed by atoms with Gasteiger partial charge in [0.1, 0.15) is 0 Å². The van der Waals surface area contributed by atoms with E-state index in [0.717, 1.165) is 49.3 Å². The van der Waals surface area contributed by atoms with Crippen molar-refractivity contribution in [1.82, 2.24) is 10.2 Å². The molecule has 1 N–H and O–H groups in total. The standard InChI is InChI=1S/C17H24N2O2.ClH/c1-13-4-5-14(2)15(12-13)16(20)6-7-17(21)19-10-3-8-18-9-11-19;/h4-5,12,18H,3,6-11H2,1-2H3;1H. The Morgan fingerprint density at radius 2 is 1.91 bits per heavy atom. The zero-order valence-electron chi connectivity index (χ0n) is 13.4. The van der Waals surface area contributed by atoms with Crippen LogP contribution in [0.25, 0.3) is 0 Å². The first kappa shape index (κ1) is 18.7. The fourth-order valence-corrected chi connectivity index (χ4v) is 2.64. The van der Waals surface area contributed by atoms with Crippen LogP contribution >= 0.6 is 12.4 Å². The maximum Gasteiger partial charge on any atom is 0.223 e. The van der Waals surface area contributed by atoms with E-state index in [1.165, 1.54) is 0 Å². The molecule has 1 aromatic carbocycles. The van der Waals surface area contributed by atoms with Crippen LogP contribution in [-0.2, 0) is 4.79 Å². The summed E-state index contributed by atoms with van der Waals surface area (Å²) >= 11 is 0. The van der Waals surface area contributed by atoms with E-state index in [1.54, 1.807) is 0 Å². The Kier molecular flexibility index (Phi) is 7.56. The number of ketones is 1. The Morgan fingerprint density at radius 1 is 1.14 bits per heavy atom. The highest BCUT2D eigenvalue weighted by Crippen LogP contribution is 2.14. The van der Waals surface area contributed by atoms with E-state index in [0.29, 0.717) is 12.8 Å². The number of benzene rings is 1. The molecule has 1 saturated heterocycles. The van der Waals surface area contributed by atoms with Crippen molar-refractivity contribution in [3.05, 3.63) is 34.9 Å². The fraction of sp³-hybridized carbons (Fsp3) is 0.529. The Morgan fingerprint density at radius 3 is 2.68 bits per heavy atom. The molecule has 0 radical (unpaired) electrons. The second kappa shape index (κ2) is 8.91. The first-order chi connectivity index (χ1) is 10.1. The van der Waals surface area contributed by atoms with Crippen molar-refractivity contribution in [1.29, 1.82) is 0 Å². The number of amides is 1. The van der Waals surface area contributed by atoms with Crippen LogP contribution in [0.2, 0.25) is 0 Å². The van der Waals surface area contributed by atoms with Crippen molar-refractivity contribution in [3.8, 4) is 0 Å². The molecule has 1 aromatic rings. The van der Waals surface area contributed by atoms with Crippen LogP contribution in [0.1, 0.15) is 40.7 Å². The van der Waals surface area contributed by atoms with Gasteiger partial charge in [0.25, 0.3) is 0 Å². The zero-order valence-corrected chi connectivity index (χ0v) is 14.2. The molecule has 5 heteroatoms. The molecule has 1 heterocycles. The summed E-state index contributed by atoms with van der Waals surface area (Å²) in [6.07, 6.45) is 1.59. The Balaban J connectivity index is 0.00000242. The highest BCUT2D eigenvalue weighted by Gasteiger charge is 2.17. The minimum atomic E-state index is 0. The quantitative estimate of drug-likeness (QED) is 0.866. The maximum absolute atomic E-state index is 12.3. The van der Waals surface area contributed by atoms with Gasteiger partial charge in [-0.15, -0.1) is 12.4 Å². The molecule has 22 heavy (non-hydrogen) atoms. The van der Waals surface area contributed by atoms with E-state index in [-0.39, 0.29) is 24.1 Å². The first-order valence-corrected chi connectivity index (χ1v) is 7.67. The summed E-state index contributed by atoms with van der Waals surface area (Å²) in [5.74, 6) is 0.162. The number of carbonyl (C=O) groups is 2. The van der Waals surface area contributed by atoms with Crippen molar-refractivity contribution in [2.75, 3.05) is 26.2 Å². The molecule has 0 saturated carbocycles. The number of nitrogens with one attached hydrogen (secondary N) is 1.